The smallest absolute Gasteiger partial charge is 0.373 e. The highest BCUT2D eigenvalue weighted by atomic mass is 19.4. The highest BCUT2D eigenvalue weighted by molar-refractivity contribution is 5.92. The monoisotopic (exact) mass is 561 g/mol. The highest BCUT2D eigenvalue weighted by Crippen LogP contribution is 2.36. The third-order valence-corrected chi connectivity index (χ3v) is 6.45. The Hall–Kier alpha value is -3.77. The summed E-state index contributed by atoms with van der Waals surface area (Å²) in [5.41, 5.74) is -0.356. The molecule has 1 fully saturated rings. The first-order valence-corrected chi connectivity index (χ1v) is 12.5. The van der Waals surface area contributed by atoms with Crippen LogP contribution in [0.5, 0.6) is 0 Å². The van der Waals surface area contributed by atoms with Gasteiger partial charge < -0.3 is 10.1 Å². The first-order chi connectivity index (χ1) is 18.9. The summed E-state index contributed by atoms with van der Waals surface area (Å²) in [7, 11) is 0. The molecule has 4 aromatic rings. The Kier molecular flexibility index (Phi) is 7.40. The van der Waals surface area contributed by atoms with Gasteiger partial charge in [0.25, 0.3) is 0 Å². The second-order valence-corrected chi connectivity index (χ2v) is 9.78. The zero-order valence-corrected chi connectivity index (χ0v) is 21.5. The van der Waals surface area contributed by atoms with Gasteiger partial charge in [0.05, 0.1) is 40.4 Å². The van der Waals surface area contributed by atoms with Gasteiger partial charge in [0, 0.05) is 36.9 Å². The van der Waals surface area contributed by atoms with E-state index in [1.165, 1.54) is 30.5 Å². The lowest BCUT2D eigenvalue weighted by Gasteiger charge is -2.35. The molecule has 3 aromatic heterocycles. The van der Waals surface area contributed by atoms with Gasteiger partial charge in [-0.2, -0.15) is 26.3 Å². The van der Waals surface area contributed by atoms with Crippen molar-refractivity contribution in [3.05, 3.63) is 77.6 Å². The summed E-state index contributed by atoms with van der Waals surface area (Å²) in [6.45, 7) is 5.66. The van der Waals surface area contributed by atoms with Crippen molar-refractivity contribution < 1.29 is 31.1 Å². The van der Waals surface area contributed by atoms with Crippen molar-refractivity contribution >= 4 is 22.4 Å². The predicted octanol–water partition coefficient (Wildman–Crippen LogP) is 7.08. The second-order valence-electron chi connectivity index (χ2n) is 9.78. The molecule has 12 heteroatoms. The number of aromatic nitrogens is 3. The van der Waals surface area contributed by atoms with Crippen molar-refractivity contribution in [3.63, 3.8) is 0 Å². The van der Waals surface area contributed by atoms with Crippen LogP contribution >= 0.6 is 0 Å². The van der Waals surface area contributed by atoms with Gasteiger partial charge in [-0.1, -0.05) is 0 Å². The summed E-state index contributed by atoms with van der Waals surface area (Å²) in [6, 6.07) is 11.5. The van der Waals surface area contributed by atoms with Crippen LogP contribution in [0, 0.1) is 0 Å². The van der Waals surface area contributed by atoms with E-state index in [2.05, 4.69) is 25.2 Å². The van der Waals surface area contributed by atoms with Crippen LogP contribution in [0.4, 0.5) is 37.7 Å². The van der Waals surface area contributed by atoms with E-state index in [0.29, 0.717) is 42.1 Å². The normalized spacial score (nSPS) is 18.7. The molecule has 1 aromatic carbocycles. The van der Waals surface area contributed by atoms with E-state index in [1.807, 2.05) is 13.8 Å². The molecule has 1 saturated heterocycles. The maximum absolute atomic E-state index is 13.7. The SMILES string of the molecule is CC1CN(Cc2cc(Nc3ccc(C(F)(F)F)cc3)c3ccc(-c4ncccc4C(F)(F)F)nc3n2)CC(C)O1. The minimum Gasteiger partial charge on any atom is -0.373 e. The first-order valence-electron chi connectivity index (χ1n) is 12.5. The van der Waals surface area contributed by atoms with E-state index in [9.17, 15) is 26.3 Å². The van der Waals surface area contributed by atoms with Crippen LogP contribution in [0.3, 0.4) is 0 Å². The largest absolute Gasteiger partial charge is 0.418 e. The van der Waals surface area contributed by atoms with Crippen LogP contribution in [-0.4, -0.2) is 45.1 Å². The van der Waals surface area contributed by atoms with E-state index in [-0.39, 0.29) is 29.2 Å². The highest BCUT2D eigenvalue weighted by Gasteiger charge is 2.35. The number of nitrogens with one attached hydrogen (secondary N) is 1. The fourth-order valence-corrected chi connectivity index (χ4v) is 4.85. The molecule has 6 nitrogen and oxygen atoms in total. The second kappa shape index (κ2) is 10.7. The third-order valence-electron chi connectivity index (χ3n) is 6.45. The zero-order valence-electron chi connectivity index (χ0n) is 21.5. The van der Waals surface area contributed by atoms with Gasteiger partial charge in [0.15, 0.2) is 5.65 Å². The Bertz CT molecular complexity index is 1500. The quantitative estimate of drug-likeness (QED) is 0.263. The summed E-state index contributed by atoms with van der Waals surface area (Å²) in [6.07, 6.45) is -7.83. The number of benzene rings is 1. The van der Waals surface area contributed by atoms with Crippen LogP contribution < -0.4 is 5.32 Å². The maximum atomic E-state index is 13.7. The number of nitrogens with zero attached hydrogens (tertiary/aromatic N) is 4. The van der Waals surface area contributed by atoms with Crippen LogP contribution in [0.15, 0.2) is 60.8 Å². The van der Waals surface area contributed by atoms with Crippen LogP contribution in [0.25, 0.3) is 22.4 Å². The number of hydrogen-bond donors (Lipinski definition) is 1. The van der Waals surface area contributed by atoms with Gasteiger partial charge in [-0.05, 0) is 68.4 Å². The third kappa shape index (κ3) is 6.18. The summed E-state index contributed by atoms with van der Waals surface area (Å²) >= 11 is 0. The molecule has 2 atom stereocenters. The summed E-state index contributed by atoms with van der Waals surface area (Å²) in [5.74, 6) is 0. The molecular formula is C28H25F6N5O. The molecule has 0 spiro atoms. The Morgan fingerprint density at radius 3 is 2.25 bits per heavy atom. The average molecular weight is 562 g/mol. The molecule has 1 aliphatic heterocycles. The van der Waals surface area contributed by atoms with Crippen LogP contribution in [0.1, 0.15) is 30.7 Å². The number of alkyl halides is 6. The van der Waals surface area contributed by atoms with E-state index in [1.54, 1.807) is 12.1 Å². The van der Waals surface area contributed by atoms with Crippen molar-refractivity contribution in [1.29, 1.82) is 0 Å². The lowest BCUT2D eigenvalue weighted by molar-refractivity contribution is -0.138. The molecule has 1 aliphatic rings. The number of ether oxygens (including phenoxy) is 1. The lowest BCUT2D eigenvalue weighted by atomic mass is 10.1. The van der Waals surface area contributed by atoms with Crippen molar-refractivity contribution in [2.24, 2.45) is 0 Å². The minimum absolute atomic E-state index is 0.000767. The molecular weight excluding hydrogens is 536 g/mol. The van der Waals surface area contributed by atoms with Crippen LogP contribution in [0.2, 0.25) is 0 Å². The number of rotatable bonds is 5. The molecule has 0 aliphatic carbocycles. The van der Waals surface area contributed by atoms with E-state index >= 15 is 0 Å². The lowest BCUT2D eigenvalue weighted by Crippen LogP contribution is -2.44. The number of pyridine rings is 3. The summed E-state index contributed by atoms with van der Waals surface area (Å²) in [5, 5.41) is 3.62. The standard InChI is InChI=1S/C28H25F6N5O/c1-16-13-39(14-17(2)40-16)15-20-12-24(36-19-7-5-18(6-8-19)27(29,30)31)21-9-10-23(38-26(21)37-20)25-22(28(32,33)34)4-3-11-35-25/h3-12,16-17H,13-15H2,1-2H3,(H,36,37,38). The Morgan fingerprint density at radius 2 is 1.60 bits per heavy atom. The van der Waals surface area contributed by atoms with Crippen molar-refractivity contribution in [2.75, 3.05) is 18.4 Å². The fraction of sp³-hybridized carbons (Fsp3) is 0.321. The van der Waals surface area contributed by atoms with Gasteiger partial charge in [-0.3, -0.25) is 9.88 Å². The molecule has 0 bridgehead atoms. The van der Waals surface area contributed by atoms with Crippen molar-refractivity contribution in [3.8, 4) is 11.4 Å². The van der Waals surface area contributed by atoms with Gasteiger partial charge in [-0.15, -0.1) is 0 Å². The molecule has 5 rings (SSSR count). The molecule has 2 unspecified atom stereocenters. The first kappa shape index (κ1) is 27.8. The van der Waals surface area contributed by atoms with E-state index in [0.717, 1.165) is 18.2 Å². The van der Waals surface area contributed by atoms with Gasteiger partial charge in [0.2, 0.25) is 0 Å². The van der Waals surface area contributed by atoms with Gasteiger partial charge in [0.1, 0.15) is 5.69 Å². The molecule has 0 amide bonds. The molecule has 40 heavy (non-hydrogen) atoms. The Morgan fingerprint density at radius 1 is 0.900 bits per heavy atom. The molecule has 0 radical (unpaired) electrons. The van der Waals surface area contributed by atoms with Gasteiger partial charge in [-0.25, -0.2) is 9.97 Å². The topological polar surface area (TPSA) is 63.2 Å². The molecule has 0 saturated carbocycles. The number of fused-ring (bicyclic) bond motifs is 1. The minimum atomic E-state index is -4.63. The Balaban J connectivity index is 1.57. The summed E-state index contributed by atoms with van der Waals surface area (Å²) in [4.78, 5) is 15.2. The number of anilines is 2. The number of morpholine rings is 1. The zero-order chi connectivity index (χ0) is 28.7. The molecule has 4 heterocycles. The van der Waals surface area contributed by atoms with Crippen molar-refractivity contribution in [1.82, 2.24) is 19.9 Å². The number of hydrogen-bond acceptors (Lipinski definition) is 6. The number of halogens is 6. The summed E-state index contributed by atoms with van der Waals surface area (Å²) < 4.78 is 85.9. The average Bonchev–Trinajstić information content (AvgIpc) is 2.87. The van der Waals surface area contributed by atoms with E-state index in [4.69, 9.17) is 4.74 Å². The maximum Gasteiger partial charge on any atom is 0.418 e. The predicted molar refractivity (Wildman–Crippen MR) is 138 cm³/mol. The molecule has 210 valence electrons. The fourth-order valence-electron chi connectivity index (χ4n) is 4.85. The Labute approximate surface area is 226 Å². The molecule has 1 N–H and O–H groups in total. The van der Waals surface area contributed by atoms with Crippen molar-refractivity contribution in [2.45, 2.75) is 45.0 Å². The van der Waals surface area contributed by atoms with Gasteiger partial charge >= 0.3 is 12.4 Å². The van der Waals surface area contributed by atoms with E-state index < -0.39 is 23.5 Å². The van der Waals surface area contributed by atoms with Crippen LogP contribution in [-0.2, 0) is 23.6 Å².